The molecule has 0 aliphatic heterocycles. The zero-order valence-electron chi connectivity index (χ0n) is 9.51. The minimum atomic E-state index is -4.51. The van der Waals surface area contributed by atoms with Crippen LogP contribution < -0.4 is 5.32 Å². The molecule has 0 atom stereocenters. The van der Waals surface area contributed by atoms with Gasteiger partial charge in [-0.05, 0) is 31.0 Å². The maximum absolute atomic E-state index is 12.7. The number of nitrogens with zero attached hydrogens (tertiary/aromatic N) is 1. The summed E-state index contributed by atoms with van der Waals surface area (Å²) >= 11 is 2.81. The van der Waals surface area contributed by atoms with Crippen molar-refractivity contribution in [1.29, 1.82) is 5.26 Å². The Morgan fingerprint density at radius 1 is 1.42 bits per heavy atom. The van der Waals surface area contributed by atoms with Gasteiger partial charge in [0, 0.05) is 10.2 Å². The number of alkyl halides is 3. The van der Waals surface area contributed by atoms with Crippen molar-refractivity contribution in [3.05, 3.63) is 28.2 Å². The third-order valence-electron chi connectivity index (χ3n) is 2.93. The van der Waals surface area contributed by atoms with Gasteiger partial charge in [-0.15, -0.1) is 0 Å². The van der Waals surface area contributed by atoms with Gasteiger partial charge < -0.3 is 5.32 Å². The summed E-state index contributed by atoms with van der Waals surface area (Å²) in [6, 6.07) is 5.29. The van der Waals surface area contributed by atoms with Crippen LogP contribution in [-0.4, -0.2) is 5.91 Å². The van der Waals surface area contributed by atoms with E-state index < -0.39 is 23.1 Å². The number of benzene rings is 1. The predicted octanol–water partition coefficient (Wildman–Crippen LogP) is 3.71. The Balaban J connectivity index is 2.23. The second-order valence-corrected chi connectivity index (χ2v) is 5.19. The lowest BCUT2D eigenvalue weighted by molar-refractivity contribution is -0.138. The van der Waals surface area contributed by atoms with Gasteiger partial charge in [-0.25, -0.2) is 0 Å². The number of anilines is 1. The molecule has 0 aromatic heterocycles. The average Bonchev–Trinajstić information content (AvgIpc) is 3.11. The first-order chi connectivity index (χ1) is 8.78. The van der Waals surface area contributed by atoms with Crippen molar-refractivity contribution in [2.24, 2.45) is 5.41 Å². The Labute approximate surface area is 115 Å². The molecule has 1 aromatic carbocycles. The molecule has 7 heteroatoms. The highest BCUT2D eigenvalue weighted by Gasteiger charge is 2.50. The van der Waals surface area contributed by atoms with Gasteiger partial charge in [0.25, 0.3) is 0 Å². The maximum atomic E-state index is 12.7. The molecular weight excluding hydrogens is 325 g/mol. The molecule has 2 rings (SSSR count). The van der Waals surface area contributed by atoms with Gasteiger partial charge in [0.2, 0.25) is 5.91 Å². The van der Waals surface area contributed by atoms with E-state index in [-0.39, 0.29) is 10.2 Å². The maximum Gasteiger partial charge on any atom is 0.417 e. The van der Waals surface area contributed by atoms with Crippen molar-refractivity contribution in [2.75, 3.05) is 5.32 Å². The Morgan fingerprint density at radius 2 is 2.05 bits per heavy atom. The fraction of sp³-hybridized carbons (Fsp3) is 0.333. The normalized spacial score (nSPS) is 16.6. The summed E-state index contributed by atoms with van der Waals surface area (Å²) < 4.78 is 38.0. The van der Waals surface area contributed by atoms with Crippen LogP contribution in [0.5, 0.6) is 0 Å². The van der Waals surface area contributed by atoms with E-state index in [9.17, 15) is 18.0 Å². The van der Waals surface area contributed by atoms with Gasteiger partial charge >= 0.3 is 6.18 Å². The largest absolute Gasteiger partial charge is 0.417 e. The highest BCUT2D eigenvalue weighted by molar-refractivity contribution is 9.10. The molecule has 0 heterocycles. The molecule has 0 unspecified atom stereocenters. The van der Waals surface area contributed by atoms with Crippen LogP contribution in [0.2, 0.25) is 0 Å². The number of hydrogen-bond acceptors (Lipinski definition) is 2. The SMILES string of the molecule is N#CC1(C(=O)Nc2ccc(Br)c(C(F)(F)F)c2)CC1. The van der Waals surface area contributed by atoms with Gasteiger partial charge in [-0.1, -0.05) is 15.9 Å². The number of carbonyl (C=O) groups is 1. The molecule has 100 valence electrons. The predicted molar refractivity (Wildman–Crippen MR) is 65.1 cm³/mol. The number of carbonyl (C=O) groups excluding carboxylic acids is 1. The molecule has 0 bridgehead atoms. The Hall–Kier alpha value is -1.55. The number of nitriles is 1. The van der Waals surface area contributed by atoms with Gasteiger partial charge in [0.05, 0.1) is 11.6 Å². The number of rotatable bonds is 2. The Bertz CT molecular complexity index is 573. The molecule has 1 aliphatic rings. The van der Waals surface area contributed by atoms with Crippen molar-refractivity contribution in [3.63, 3.8) is 0 Å². The van der Waals surface area contributed by atoms with Crippen molar-refractivity contribution >= 4 is 27.5 Å². The van der Waals surface area contributed by atoms with Gasteiger partial charge in [0.15, 0.2) is 0 Å². The molecule has 1 aliphatic carbocycles. The summed E-state index contributed by atoms with van der Waals surface area (Å²) in [5, 5.41) is 11.2. The third-order valence-corrected chi connectivity index (χ3v) is 3.62. The highest BCUT2D eigenvalue weighted by Crippen LogP contribution is 2.46. The van der Waals surface area contributed by atoms with Crippen molar-refractivity contribution in [1.82, 2.24) is 0 Å². The number of amides is 1. The Kier molecular flexibility index (Phi) is 3.31. The van der Waals surface area contributed by atoms with Crippen LogP contribution in [0.3, 0.4) is 0 Å². The van der Waals surface area contributed by atoms with E-state index in [1.165, 1.54) is 12.1 Å². The van der Waals surface area contributed by atoms with Gasteiger partial charge in [-0.2, -0.15) is 18.4 Å². The summed E-state index contributed by atoms with van der Waals surface area (Å²) in [5.74, 6) is -0.551. The van der Waals surface area contributed by atoms with Crippen LogP contribution in [0.4, 0.5) is 18.9 Å². The first-order valence-electron chi connectivity index (χ1n) is 5.38. The minimum absolute atomic E-state index is 0.0297. The molecule has 1 aromatic rings. The lowest BCUT2D eigenvalue weighted by atomic mass is 10.1. The Morgan fingerprint density at radius 3 is 2.53 bits per heavy atom. The molecule has 1 fully saturated rings. The zero-order valence-corrected chi connectivity index (χ0v) is 11.1. The van der Waals surface area contributed by atoms with Crippen LogP contribution in [0.15, 0.2) is 22.7 Å². The molecule has 0 spiro atoms. The summed E-state index contributed by atoms with van der Waals surface area (Å²) in [6.45, 7) is 0. The lowest BCUT2D eigenvalue weighted by Crippen LogP contribution is -2.23. The van der Waals surface area contributed by atoms with Crippen LogP contribution >= 0.6 is 15.9 Å². The fourth-order valence-corrected chi connectivity index (χ4v) is 2.06. The number of hydrogen-bond donors (Lipinski definition) is 1. The molecule has 1 N–H and O–H groups in total. The van der Waals surface area contributed by atoms with Crippen molar-refractivity contribution in [3.8, 4) is 6.07 Å². The summed E-state index contributed by atoms with van der Waals surface area (Å²) in [6.07, 6.45) is -3.62. The first-order valence-corrected chi connectivity index (χ1v) is 6.17. The van der Waals surface area contributed by atoms with Crippen LogP contribution in [-0.2, 0) is 11.0 Å². The third kappa shape index (κ3) is 2.73. The molecule has 1 saturated carbocycles. The summed E-state index contributed by atoms with van der Waals surface area (Å²) in [7, 11) is 0. The van der Waals surface area contributed by atoms with Crippen LogP contribution in [0.25, 0.3) is 0 Å². The molecule has 1 amide bonds. The highest BCUT2D eigenvalue weighted by atomic mass is 79.9. The first kappa shape index (κ1) is 13.9. The smallest absolute Gasteiger partial charge is 0.325 e. The van der Waals surface area contributed by atoms with E-state index in [0.717, 1.165) is 6.07 Å². The molecule has 0 saturated heterocycles. The molecule has 19 heavy (non-hydrogen) atoms. The van der Waals surface area contributed by atoms with Crippen LogP contribution in [0.1, 0.15) is 18.4 Å². The number of nitrogens with one attached hydrogen (secondary N) is 1. The summed E-state index contributed by atoms with van der Waals surface area (Å²) in [5.41, 5.74) is -1.90. The average molecular weight is 333 g/mol. The van der Waals surface area contributed by atoms with E-state index in [1.807, 2.05) is 6.07 Å². The number of halogens is 4. The van der Waals surface area contributed by atoms with Crippen LogP contribution in [0, 0.1) is 16.7 Å². The van der Waals surface area contributed by atoms with Gasteiger partial charge in [0.1, 0.15) is 5.41 Å². The van der Waals surface area contributed by atoms with Gasteiger partial charge in [-0.3, -0.25) is 4.79 Å². The fourth-order valence-electron chi connectivity index (χ4n) is 1.59. The monoisotopic (exact) mass is 332 g/mol. The quantitative estimate of drug-likeness (QED) is 0.897. The van der Waals surface area contributed by atoms with E-state index in [0.29, 0.717) is 12.8 Å². The zero-order chi connectivity index (χ0) is 14.3. The van der Waals surface area contributed by atoms with Crippen molar-refractivity contribution < 1.29 is 18.0 Å². The topological polar surface area (TPSA) is 52.9 Å². The summed E-state index contributed by atoms with van der Waals surface area (Å²) in [4.78, 5) is 11.7. The standard InChI is InChI=1S/C12H8BrF3N2O/c13-9-2-1-7(5-8(9)12(14,15)16)18-10(19)11(6-17)3-4-11/h1-2,5H,3-4H2,(H,18,19). The van der Waals surface area contributed by atoms with E-state index >= 15 is 0 Å². The van der Waals surface area contributed by atoms with E-state index in [1.54, 1.807) is 0 Å². The molecular formula is C12H8BrF3N2O. The van der Waals surface area contributed by atoms with E-state index in [2.05, 4.69) is 21.2 Å². The second-order valence-electron chi connectivity index (χ2n) is 4.34. The second kappa shape index (κ2) is 4.53. The minimum Gasteiger partial charge on any atom is -0.325 e. The lowest BCUT2D eigenvalue weighted by Gasteiger charge is -2.13. The van der Waals surface area contributed by atoms with E-state index in [4.69, 9.17) is 5.26 Å². The van der Waals surface area contributed by atoms with Crippen molar-refractivity contribution in [2.45, 2.75) is 19.0 Å². The molecule has 3 nitrogen and oxygen atoms in total. The molecule has 0 radical (unpaired) electrons.